The zero-order chi connectivity index (χ0) is 22.0. The molecule has 0 radical (unpaired) electrons. The van der Waals surface area contributed by atoms with E-state index in [0.29, 0.717) is 48.0 Å². The van der Waals surface area contributed by atoms with Gasteiger partial charge in [-0.15, -0.1) is 0 Å². The lowest BCUT2D eigenvalue weighted by Gasteiger charge is -2.16. The Hall–Kier alpha value is -2.78. The molecular formula is C22H24FN3O4S. The van der Waals surface area contributed by atoms with Gasteiger partial charge in [-0.1, -0.05) is 6.07 Å². The van der Waals surface area contributed by atoms with E-state index in [9.17, 15) is 8.60 Å². The quantitative estimate of drug-likeness (QED) is 0.572. The Morgan fingerprint density at radius 3 is 2.77 bits per heavy atom. The van der Waals surface area contributed by atoms with E-state index in [0.717, 1.165) is 17.4 Å². The van der Waals surface area contributed by atoms with Crippen LogP contribution >= 0.6 is 0 Å². The molecule has 31 heavy (non-hydrogen) atoms. The second-order valence-electron chi connectivity index (χ2n) is 7.67. The maximum atomic E-state index is 13.9. The van der Waals surface area contributed by atoms with Crippen LogP contribution in [0.4, 0.5) is 10.1 Å². The minimum Gasteiger partial charge on any atom is -0.496 e. The first-order valence-corrected chi connectivity index (χ1v) is 12.2. The van der Waals surface area contributed by atoms with Crippen LogP contribution in [-0.4, -0.2) is 53.1 Å². The van der Waals surface area contributed by atoms with Crippen molar-refractivity contribution < 1.29 is 22.8 Å². The summed E-state index contributed by atoms with van der Waals surface area (Å²) in [6.45, 7) is 1.13. The van der Waals surface area contributed by atoms with Crippen molar-refractivity contribution in [2.75, 3.05) is 32.8 Å². The number of hydrogen-bond acceptors (Lipinski definition) is 7. The van der Waals surface area contributed by atoms with Gasteiger partial charge in [0.1, 0.15) is 29.7 Å². The molecule has 1 aliphatic heterocycles. The highest BCUT2D eigenvalue weighted by Crippen LogP contribution is 2.34. The Bertz CT molecular complexity index is 1230. The van der Waals surface area contributed by atoms with E-state index < -0.39 is 9.73 Å². The molecule has 1 aliphatic rings. The normalized spacial score (nSPS) is 16.5. The number of hydrogen-bond donors (Lipinski definition) is 0. The third-order valence-corrected chi connectivity index (χ3v) is 5.53. The molecule has 1 fully saturated rings. The van der Waals surface area contributed by atoms with E-state index in [4.69, 9.17) is 14.2 Å². The van der Waals surface area contributed by atoms with Crippen molar-refractivity contribution in [3.63, 3.8) is 0 Å². The van der Waals surface area contributed by atoms with Crippen LogP contribution in [0, 0.1) is 5.82 Å². The highest BCUT2D eigenvalue weighted by Gasteiger charge is 2.20. The van der Waals surface area contributed by atoms with Crippen LogP contribution in [0.3, 0.4) is 0 Å². The van der Waals surface area contributed by atoms with Crippen molar-refractivity contribution >= 4 is 26.3 Å². The molecule has 0 unspecified atom stereocenters. The largest absolute Gasteiger partial charge is 0.496 e. The summed E-state index contributed by atoms with van der Waals surface area (Å²) < 4.78 is 47.3. The zero-order valence-electron chi connectivity index (χ0n) is 17.6. The molecule has 7 nitrogen and oxygen atoms in total. The van der Waals surface area contributed by atoms with E-state index in [1.807, 2.05) is 0 Å². The third kappa shape index (κ3) is 5.11. The van der Waals surface area contributed by atoms with Gasteiger partial charge in [0.25, 0.3) is 0 Å². The van der Waals surface area contributed by atoms with Gasteiger partial charge in [-0.3, -0.25) is 0 Å². The first-order chi connectivity index (χ1) is 14.8. The maximum Gasteiger partial charge on any atom is 0.132 e. The summed E-state index contributed by atoms with van der Waals surface area (Å²) in [7, 11) is -0.784. The molecule has 4 rings (SSSR count). The van der Waals surface area contributed by atoms with Crippen molar-refractivity contribution in [2.24, 2.45) is 4.36 Å². The molecule has 1 atom stereocenters. The Morgan fingerprint density at radius 1 is 1.23 bits per heavy atom. The summed E-state index contributed by atoms with van der Waals surface area (Å²) in [5.74, 6) is 0.644. The van der Waals surface area contributed by atoms with Gasteiger partial charge in [0, 0.05) is 52.8 Å². The summed E-state index contributed by atoms with van der Waals surface area (Å²) in [6.07, 6.45) is 5.67. The van der Waals surface area contributed by atoms with Gasteiger partial charge in [-0.05, 0) is 12.1 Å². The number of benzene rings is 2. The van der Waals surface area contributed by atoms with Gasteiger partial charge < -0.3 is 14.2 Å². The average Bonchev–Trinajstić information content (AvgIpc) is 3.21. The van der Waals surface area contributed by atoms with E-state index in [1.54, 1.807) is 37.8 Å². The third-order valence-electron chi connectivity index (χ3n) is 4.88. The molecule has 0 aliphatic carbocycles. The average molecular weight is 446 g/mol. The standard InChI is InChI=1S/C22H24FN3O4S/c1-28-21-11-16(26-31(2,3)27)10-19-22(21)18(24-13-25-19)8-14-4-5-15(23)9-20(14)30-17-6-7-29-12-17/h4-5,9-11,13,17H,6-8,12H2,1-3H3/t17-/m0/s1. The molecule has 9 heteroatoms. The molecule has 0 amide bonds. The number of ether oxygens (including phenoxy) is 3. The molecule has 2 heterocycles. The second-order valence-corrected chi connectivity index (χ2v) is 10.2. The van der Waals surface area contributed by atoms with Gasteiger partial charge in [0.05, 0.1) is 42.6 Å². The number of halogens is 1. The summed E-state index contributed by atoms with van der Waals surface area (Å²) in [4.78, 5) is 8.81. The Balaban J connectivity index is 1.76. The van der Waals surface area contributed by atoms with Crippen molar-refractivity contribution in [1.29, 1.82) is 0 Å². The van der Waals surface area contributed by atoms with Gasteiger partial charge in [0.15, 0.2) is 0 Å². The molecule has 0 N–H and O–H groups in total. The fraction of sp³-hybridized carbons (Fsp3) is 0.364. The van der Waals surface area contributed by atoms with Crippen LogP contribution in [0.2, 0.25) is 0 Å². The molecule has 1 aromatic heterocycles. The first kappa shape index (κ1) is 21.5. The zero-order valence-corrected chi connectivity index (χ0v) is 18.4. The lowest BCUT2D eigenvalue weighted by molar-refractivity contribution is 0.140. The molecule has 0 saturated carbocycles. The predicted molar refractivity (Wildman–Crippen MR) is 117 cm³/mol. The molecular weight excluding hydrogens is 421 g/mol. The van der Waals surface area contributed by atoms with E-state index in [2.05, 4.69) is 14.3 Å². The second kappa shape index (κ2) is 8.76. The topological polar surface area (TPSA) is 82.9 Å². The van der Waals surface area contributed by atoms with Crippen LogP contribution in [0.25, 0.3) is 10.9 Å². The lowest BCUT2D eigenvalue weighted by Crippen LogP contribution is -2.17. The van der Waals surface area contributed by atoms with E-state index in [1.165, 1.54) is 18.5 Å². The fourth-order valence-corrected chi connectivity index (χ4v) is 4.17. The van der Waals surface area contributed by atoms with E-state index >= 15 is 0 Å². The number of aromatic nitrogens is 2. The van der Waals surface area contributed by atoms with Gasteiger partial charge in [-0.2, -0.15) is 4.36 Å². The Labute approximate surface area is 180 Å². The molecule has 0 spiro atoms. The van der Waals surface area contributed by atoms with Crippen molar-refractivity contribution in [2.45, 2.75) is 18.9 Å². The highest BCUT2D eigenvalue weighted by atomic mass is 32.2. The number of nitrogens with zero attached hydrogens (tertiary/aromatic N) is 3. The Morgan fingerprint density at radius 2 is 2.06 bits per heavy atom. The summed E-state index contributed by atoms with van der Waals surface area (Å²) in [5, 5.41) is 0.724. The summed E-state index contributed by atoms with van der Waals surface area (Å²) in [6, 6.07) is 7.98. The van der Waals surface area contributed by atoms with Crippen LogP contribution in [0.1, 0.15) is 17.7 Å². The van der Waals surface area contributed by atoms with Crippen LogP contribution in [0.15, 0.2) is 41.0 Å². The molecule has 164 valence electrons. The van der Waals surface area contributed by atoms with Crippen LogP contribution < -0.4 is 9.47 Å². The Kier molecular flexibility index (Phi) is 6.06. The van der Waals surface area contributed by atoms with Gasteiger partial charge in [-0.25, -0.2) is 18.6 Å². The number of fused-ring (bicyclic) bond motifs is 1. The molecule has 3 aromatic rings. The van der Waals surface area contributed by atoms with Crippen LogP contribution in [0.5, 0.6) is 11.5 Å². The predicted octanol–water partition coefficient (Wildman–Crippen LogP) is 3.90. The molecule has 2 aromatic carbocycles. The first-order valence-electron chi connectivity index (χ1n) is 9.84. The maximum absolute atomic E-state index is 13.9. The molecule has 1 saturated heterocycles. The van der Waals surface area contributed by atoms with Gasteiger partial charge in [0.2, 0.25) is 0 Å². The fourth-order valence-electron chi connectivity index (χ4n) is 3.56. The van der Waals surface area contributed by atoms with Crippen molar-refractivity contribution in [1.82, 2.24) is 9.97 Å². The minimum atomic E-state index is -2.34. The lowest BCUT2D eigenvalue weighted by atomic mass is 10.0. The monoisotopic (exact) mass is 445 g/mol. The molecule has 0 bridgehead atoms. The number of methoxy groups -OCH3 is 1. The SMILES string of the molecule is COc1cc(N=S(C)(C)=O)cc2ncnc(Cc3ccc(F)cc3O[C@H]3CCOC3)c12. The van der Waals surface area contributed by atoms with E-state index in [-0.39, 0.29) is 11.9 Å². The van der Waals surface area contributed by atoms with Gasteiger partial charge >= 0.3 is 0 Å². The van der Waals surface area contributed by atoms with Crippen molar-refractivity contribution in [3.05, 3.63) is 53.7 Å². The minimum absolute atomic E-state index is 0.0978. The smallest absolute Gasteiger partial charge is 0.132 e. The summed E-state index contributed by atoms with van der Waals surface area (Å²) in [5.41, 5.74) is 2.66. The van der Waals surface area contributed by atoms with Crippen molar-refractivity contribution in [3.8, 4) is 11.5 Å². The highest BCUT2D eigenvalue weighted by molar-refractivity contribution is 7.92. The number of rotatable bonds is 6. The van der Waals surface area contributed by atoms with Crippen LogP contribution in [-0.2, 0) is 20.9 Å². The summed E-state index contributed by atoms with van der Waals surface area (Å²) >= 11 is 0.